The van der Waals surface area contributed by atoms with E-state index in [1.165, 1.54) is 30.5 Å². The zero-order valence-corrected chi connectivity index (χ0v) is 19.4. The monoisotopic (exact) mass is 476 g/mol. The number of pyridine rings is 1. The van der Waals surface area contributed by atoms with Gasteiger partial charge in [-0.15, -0.1) is 11.3 Å². The Morgan fingerprint density at radius 1 is 1.12 bits per heavy atom. The number of carbonyl (C=O) groups is 2. The fourth-order valence-electron chi connectivity index (χ4n) is 4.23. The summed E-state index contributed by atoms with van der Waals surface area (Å²) >= 11 is 1.22. The minimum absolute atomic E-state index is 0.0545. The van der Waals surface area contributed by atoms with Crippen molar-refractivity contribution in [2.45, 2.75) is 13.0 Å². The first-order valence-corrected chi connectivity index (χ1v) is 11.2. The third-order valence-electron chi connectivity index (χ3n) is 5.72. The molecule has 1 aromatic carbocycles. The Balaban J connectivity index is 1.79. The van der Waals surface area contributed by atoms with Gasteiger partial charge in [-0.1, -0.05) is 12.1 Å². The summed E-state index contributed by atoms with van der Waals surface area (Å²) in [6.07, 6.45) is 3.30. The first kappa shape index (κ1) is 21.7. The molecule has 1 N–H and O–H groups in total. The van der Waals surface area contributed by atoms with Crippen LogP contribution in [0.2, 0.25) is 0 Å². The van der Waals surface area contributed by atoms with Crippen LogP contribution in [0, 0.1) is 6.92 Å². The van der Waals surface area contributed by atoms with Crippen molar-refractivity contribution in [3.05, 3.63) is 76.7 Å². The summed E-state index contributed by atoms with van der Waals surface area (Å²) in [6.45, 7) is 1.74. The largest absolute Gasteiger partial charge is 0.505 e. The summed E-state index contributed by atoms with van der Waals surface area (Å²) < 4.78 is 12.5. The summed E-state index contributed by atoms with van der Waals surface area (Å²) in [4.78, 5) is 36.6. The van der Waals surface area contributed by atoms with Gasteiger partial charge in [0.05, 0.1) is 31.5 Å². The highest BCUT2D eigenvalue weighted by atomic mass is 32.1. The number of hydrogen-bond acceptors (Lipinski definition) is 8. The number of benzene rings is 1. The third kappa shape index (κ3) is 3.22. The van der Waals surface area contributed by atoms with E-state index in [1.54, 1.807) is 59.4 Å². The molecular formula is C24H20N4O5S. The molecule has 5 rings (SSSR count). The Morgan fingerprint density at radius 2 is 1.91 bits per heavy atom. The predicted octanol–water partition coefficient (Wildman–Crippen LogP) is 3.74. The van der Waals surface area contributed by atoms with Gasteiger partial charge in [-0.3, -0.25) is 18.9 Å². The maximum atomic E-state index is 13.3. The highest BCUT2D eigenvalue weighted by molar-refractivity contribution is 7.14. The minimum Gasteiger partial charge on any atom is -0.505 e. The van der Waals surface area contributed by atoms with E-state index in [0.717, 1.165) is 0 Å². The lowest BCUT2D eigenvalue weighted by atomic mass is 9.96. The van der Waals surface area contributed by atoms with Gasteiger partial charge in [0.2, 0.25) is 0 Å². The zero-order chi connectivity index (χ0) is 24.0. The maximum absolute atomic E-state index is 13.3. The molecule has 4 heterocycles. The Kier molecular flexibility index (Phi) is 5.29. The molecule has 10 heteroatoms. The number of rotatable bonds is 5. The van der Waals surface area contributed by atoms with E-state index < -0.39 is 17.7 Å². The molecule has 0 aliphatic carbocycles. The lowest BCUT2D eigenvalue weighted by Gasteiger charge is -2.23. The van der Waals surface area contributed by atoms with Crippen LogP contribution in [-0.2, 0) is 9.59 Å². The van der Waals surface area contributed by atoms with Gasteiger partial charge in [-0.2, -0.15) is 0 Å². The number of ether oxygens (including phenoxy) is 2. The van der Waals surface area contributed by atoms with Gasteiger partial charge in [0.1, 0.15) is 11.3 Å². The summed E-state index contributed by atoms with van der Waals surface area (Å²) in [5, 5.41) is 13.6. The third-order valence-corrected chi connectivity index (χ3v) is 6.49. The number of carbonyl (C=O) groups excluding carboxylic acids is 2. The van der Waals surface area contributed by atoms with Crippen LogP contribution in [0.15, 0.2) is 59.7 Å². The molecule has 0 spiro atoms. The molecule has 4 aromatic rings. The van der Waals surface area contributed by atoms with Crippen LogP contribution in [0.5, 0.6) is 11.5 Å². The number of fused-ring (bicyclic) bond motifs is 1. The second kappa shape index (κ2) is 8.31. The van der Waals surface area contributed by atoms with Crippen molar-refractivity contribution in [2.24, 2.45) is 0 Å². The number of anilines is 1. The van der Waals surface area contributed by atoms with Crippen molar-refractivity contribution in [1.29, 1.82) is 0 Å². The second-order valence-corrected chi connectivity index (χ2v) is 8.45. The van der Waals surface area contributed by atoms with E-state index in [2.05, 4.69) is 9.97 Å². The van der Waals surface area contributed by atoms with Crippen molar-refractivity contribution in [3.63, 3.8) is 0 Å². The van der Waals surface area contributed by atoms with Gasteiger partial charge in [0.15, 0.2) is 22.4 Å². The molecule has 34 heavy (non-hydrogen) atoms. The number of aromatic nitrogens is 3. The number of methoxy groups -OCH3 is 2. The standard InChI is InChI=1S/C24H20N4O5S/c1-13-19(27-10-5-4-6-17(27)26-13)21(29)18-20(14-7-8-15(32-2)16(12-14)33-3)28(23(31)22(18)30)24-25-9-11-34-24/h4-12,20,29H,1-3H3/b21-18+. The SMILES string of the molecule is COc1ccc(C2/C(=C(\O)c3c(C)nc4ccccn34)C(=O)C(=O)N2c2nccs2)cc1OC. The van der Waals surface area contributed by atoms with Crippen molar-refractivity contribution in [3.8, 4) is 11.5 Å². The molecule has 1 fully saturated rings. The first-order chi connectivity index (χ1) is 16.5. The number of nitrogens with zero attached hydrogens (tertiary/aromatic N) is 4. The average molecular weight is 477 g/mol. The molecular weight excluding hydrogens is 456 g/mol. The number of hydrogen-bond donors (Lipinski definition) is 1. The molecule has 1 aliphatic rings. The summed E-state index contributed by atoms with van der Waals surface area (Å²) in [6, 6.07) is 9.60. The van der Waals surface area contributed by atoms with E-state index >= 15 is 0 Å². The van der Waals surface area contributed by atoms with Crippen molar-refractivity contribution in [2.75, 3.05) is 19.1 Å². The van der Waals surface area contributed by atoms with Gasteiger partial charge < -0.3 is 14.6 Å². The Bertz CT molecular complexity index is 1460. The fourth-order valence-corrected chi connectivity index (χ4v) is 4.90. The van der Waals surface area contributed by atoms with Crippen LogP contribution in [-0.4, -0.2) is 45.4 Å². The highest BCUT2D eigenvalue weighted by Crippen LogP contribution is 2.44. The van der Waals surface area contributed by atoms with E-state index in [9.17, 15) is 14.7 Å². The molecule has 3 aromatic heterocycles. The average Bonchev–Trinajstić information content (AvgIpc) is 3.55. The molecule has 172 valence electrons. The van der Waals surface area contributed by atoms with Crippen molar-refractivity contribution >= 4 is 39.6 Å². The number of amides is 1. The van der Waals surface area contributed by atoms with Crippen LogP contribution in [0.3, 0.4) is 0 Å². The quantitative estimate of drug-likeness (QED) is 0.266. The smallest absolute Gasteiger partial charge is 0.301 e. The van der Waals surface area contributed by atoms with Gasteiger partial charge in [0.25, 0.3) is 5.78 Å². The minimum atomic E-state index is -0.931. The molecule has 1 amide bonds. The Hall–Kier alpha value is -4.18. The molecule has 0 saturated carbocycles. The van der Waals surface area contributed by atoms with Gasteiger partial charge in [0, 0.05) is 17.8 Å². The molecule has 1 unspecified atom stereocenters. The summed E-state index contributed by atoms with van der Waals surface area (Å²) in [5.41, 5.74) is 1.98. The number of aliphatic hydroxyl groups excluding tert-OH is 1. The van der Waals surface area contributed by atoms with Gasteiger partial charge >= 0.3 is 5.91 Å². The zero-order valence-electron chi connectivity index (χ0n) is 18.6. The normalized spacial score (nSPS) is 17.5. The predicted molar refractivity (Wildman–Crippen MR) is 126 cm³/mol. The van der Waals surface area contributed by atoms with Crippen LogP contribution in [0.25, 0.3) is 11.4 Å². The molecule has 9 nitrogen and oxygen atoms in total. The van der Waals surface area contributed by atoms with Crippen LogP contribution in [0.1, 0.15) is 23.0 Å². The molecule has 1 atom stereocenters. The number of aliphatic hydroxyl groups is 1. The van der Waals surface area contributed by atoms with E-state index in [0.29, 0.717) is 39.2 Å². The van der Waals surface area contributed by atoms with E-state index in [1.807, 2.05) is 6.07 Å². The Morgan fingerprint density at radius 3 is 2.62 bits per heavy atom. The van der Waals surface area contributed by atoms with E-state index in [-0.39, 0.29) is 11.3 Å². The summed E-state index contributed by atoms with van der Waals surface area (Å²) in [7, 11) is 3.02. The van der Waals surface area contributed by atoms with Gasteiger partial charge in [-0.25, -0.2) is 9.97 Å². The molecule has 0 radical (unpaired) electrons. The highest BCUT2D eigenvalue weighted by Gasteiger charge is 2.48. The summed E-state index contributed by atoms with van der Waals surface area (Å²) in [5.74, 6) is -0.972. The molecule has 1 saturated heterocycles. The molecule has 0 bridgehead atoms. The van der Waals surface area contributed by atoms with Crippen molar-refractivity contribution in [1.82, 2.24) is 14.4 Å². The molecule has 1 aliphatic heterocycles. The lowest BCUT2D eigenvalue weighted by molar-refractivity contribution is -0.132. The number of Topliss-reactive ketones (excluding diaryl/α,β-unsaturated/α-hetero) is 1. The number of ketones is 1. The number of imidazole rings is 1. The second-order valence-electron chi connectivity index (χ2n) is 7.57. The number of aryl methyl sites for hydroxylation is 1. The van der Waals surface area contributed by atoms with Crippen LogP contribution in [0.4, 0.5) is 5.13 Å². The maximum Gasteiger partial charge on any atom is 0.301 e. The van der Waals surface area contributed by atoms with Crippen LogP contribution >= 0.6 is 11.3 Å². The lowest BCUT2D eigenvalue weighted by Crippen LogP contribution is -2.29. The topological polar surface area (TPSA) is 106 Å². The van der Waals surface area contributed by atoms with Crippen LogP contribution < -0.4 is 14.4 Å². The Labute approximate surface area is 198 Å². The van der Waals surface area contributed by atoms with Gasteiger partial charge in [-0.05, 0) is 36.8 Å². The first-order valence-electron chi connectivity index (χ1n) is 10.3. The fraction of sp³-hybridized carbons (Fsp3) is 0.167. The van der Waals surface area contributed by atoms with Crippen molar-refractivity contribution < 1.29 is 24.2 Å². The number of thiazole rings is 1. The van der Waals surface area contributed by atoms with E-state index in [4.69, 9.17) is 9.47 Å².